The molecule has 1 aromatic carbocycles. The Morgan fingerprint density at radius 1 is 1.39 bits per heavy atom. The summed E-state index contributed by atoms with van der Waals surface area (Å²) in [4.78, 5) is 0. The molecule has 0 radical (unpaired) electrons. The quantitative estimate of drug-likeness (QED) is 0.881. The van der Waals surface area contributed by atoms with Gasteiger partial charge in [-0.3, -0.25) is 0 Å². The minimum Gasteiger partial charge on any atom is -0.381 e. The van der Waals surface area contributed by atoms with Gasteiger partial charge in [0.05, 0.1) is 18.1 Å². The molecule has 0 heterocycles. The minimum atomic E-state index is -4.38. The van der Waals surface area contributed by atoms with E-state index in [-0.39, 0.29) is 12.5 Å². The highest BCUT2D eigenvalue weighted by molar-refractivity contribution is 9.10. The van der Waals surface area contributed by atoms with Gasteiger partial charge >= 0.3 is 6.18 Å². The summed E-state index contributed by atoms with van der Waals surface area (Å²) < 4.78 is 38.2. The van der Waals surface area contributed by atoms with E-state index in [0.29, 0.717) is 16.6 Å². The van der Waals surface area contributed by atoms with Gasteiger partial charge in [-0.1, -0.05) is 22.9 Å². The fourth-order valence-corrected chi connectivity index (χ4v) is 1.97. The van der Waals surface area contributed by atoms with E-state index in [1.54, 1.807) is 6.07 Å². The average molecular weight is 321 g/mol. The van der Waals surface area contributed by atoms with E-state index in [1.807, 2.05) is 13.0 Å². The van der Waals surface area contributed by atoms with E-state index >= 15 is 0 Å². The zero-order valence-corrected chi connectivity index (χ0v) is 11.3. The Bertz CT molecular complexity index is 452. The number of benzene rings is 1. The highest BCUT2D eigenvalue weighted by Gasteiger charge is 2.31. The summed E-state index contributed by atoms with van der Waals surface area (Å²) in [5, 5.41) is 11.5. The van der Waals surface area contributed by atoms with Crippen molar-refractivity contribution in [3.63, 3.8) is 0 Å². The summed E-state index contributed by atoms with van der Waals surface area (Å²) in [6, 6.07) is 5.49. The van der Waals surface area contributed by atoms with Crippen molar-refractivity contribution in [3.05, 3.63) is 28.2 Å². The second kappa shape index (κ2) is 6.10. The van der Waals surface area contributed by atoms with Crippen LogP contribution in [0.5, 0.6) is 0 Å². The molecule has 0 fully saturated rings. The van der Waals surface area contributed by atoms with Crippen LogP contribution in [0.15, 0.2) is 22.7 Å². The Kier molecular flexibility index (Phi) is 5.03. The molecule has 1 N–H and O–H groups in total. The van der Waals surface area contributed by atoms with Crippen LogP contribution in [0.1, 0.15) is 25.3 Å². The van der Waals surface area contributed by atoms with Gasteiger partial charge in [-0.25, -0.2) is 0 Å². The van der Waals surface area contributed by atoms with E-state index in [1.165, 1.54) is 0 Å². The average Bonchev–Trinajstić information content (AvgIpc) is 2.26. The highest BCUT2D eigenvalue weighted by Crippen LogP contribution is 2.33. The zero-order chi connectivity index (χ0) is 13.8. The van der Waals surface area contributed by atoms with Gasteiger partial charge in [-0.05, 0) is 24.6 Å². The number of nitrogens with zero attached hydrogens (tertiary/aromatic N) is 1. The van der Waals surface area contributed by atoms with Gasteiger partial charge in [-0.15, -0.1) is 0 Å². The van der Waals surface area contributed by atoms with Crippen LogP contribution in [0.3, 0.4) is 0 Å². The van der Waals surface area contributed by atoms with Crippen molar-refractivity contribution < 1.29 is 13.2 Å². The molecule has 98 valence electrons. The second-order valence-corrected chi connectivity index (χ2v) is 4.75. The van der Waals surface area contributed by atoms with E-state index in [4.69, 9.17) is 5.26 Å². The summed E-state index contributed by atoms with van der Waals surface area (Å²) in [7, 11) is 0. The summed E-state index contributed by atoms with van der Waals surface area (Å²) in [5.41, 5.74) is -0.356. The lowest BCUT2D eigenvalue weighted by molar-refractivity contribution is -0.137. The summed E-state index contributed by atoms with van der Waals surface area (Å²) >= 11 is 3.05. The van der Waals surface area contributed by atoms with Crippen LogP contribution in [0.2, 0.25) is 0 Å². The van der Waals surface area contributed by atoms with Gasteiger partial charge in [0.25, 0.3) is 0 Å². The predicted octanol–water partition coefficient (Wildman–Crippen LogP) is 4.57. The standard InChI is InChI=1S/C12H12BrF3N2/c1-2-10(3-4-17)18-11-6-8(12(14,15)16)5-9(13)7-11/h5-7,10,18H,2-3H2,1H3. The van der Waals surface area contributed by atoms with Crippen molar-refractivity contribution in [1.29, 1.82) is 5.26 Å². The molecule has 0 amide bonds. The van der Waals surface area contributed by atoms with Crippen LogP contribution in [0.4, 0.5) is 18.9 Å². The third kappa shape index (κ3) is 4.22. The number of hydrogen-bond acceptors (Lipinski definition) is 2. The molecule has 0 bridgehead atoms. The van der Waals surface area contributed by atoms with Crippen LogP contribution in [0, 0.1) is 11.3 Å². The Morgan fingerprint density at radius 3 is 2.56 bits per heavy atom. The predicted molar refractivity (Wildman–Crippen MR) is 67.1 cm³/mol. The topological polar surface area (TPSA) is 35.8 Å². The number of nitriles is 1. The smallest absolute Gasteiger partial charge is 0.381 e. The van der Waals surface area contributed by atoms with Gasteiger partial charge in [-0.2, -0.15) is 18.4 Å². The van der Waals surface area contributed by atoms with Gasteiger partial charge in [0.2, 0.25) is 0 Å². The second-order valence-electron chi connectivity index (χ2n) is 3.84. The Morgan fingerprint density at radius 2 is 2.06 bits per heavy atom. The highest BCUT2D eigenvalue weighted by atomic mass is 79.9. The Balaban J connectivity index is 2.97. The zero-order valence-electron chi connectivity index (χ0n) is 9.68. The van der Waals surface area contributed by atoms with Crippen molar-refractivity contribution in [2.75, 3.05) is 5.32 Å². The Labute approximate surface area is 112 Å². The molecule has 18 heavy (non-hydrogen) atoms. The molecular formula is C12H12BrF3N2. The largest absolute Gasteiger partial charge is 0.416 e. The molecular weight excluding hydrogens is 309 g/mol. The van der Waals surface area contributed by atoms with E-state index in [0.717, 1.165) is 12.1 Å². The van der Waals surface area contributed by atoms with Crippen LogP contribution < -0.4 is 5.32 Å². The number of anilines is 1. The molecule has 1 unspecified atom stereocenters. The summed E-state index contributed by atoms with van der Waals surface area (Å²) in [5.74, 6) is 0. The summed E-state index contributed by atoms with van der Waals surface area (Å²) in [6.45, 7) is 1.87. The molecule has 0 spiro atoms. The lowest BCUT2D eigenvalue weighted by Crippen LogP contribution is -2.18. The van der Waals surface area contributed by atoms with E-state index < -0.39 is 11.7 Å². The van der Waals surface area contributed by atoms with Crippen molar-refractivity contribution in [3.8, 4) is 6.07 Å². The van der Waals surface area contributed by atoms with E-state index in [9.17, 15) is 13.2 Å². The maximum absolute atomic E-state index is 12.6. The first-order valence-corrected chi connectivity index (χ1v) is 6.17. The maximum atomic E-state index is 12.6. The number of halogens is 4. The number of nitrogens with one attached hydrogen (secondary N) is 1. The molecule has 0 aliphatic heterocycles. The fraction of sp³-hybridized carbons (Fsp3) is 0.417. The van der Waals surface area contributed by atoms with Crippen LogP contribution in [0.25, 0.3) is 0 Å². The minimum absolute atomic E-state index is 0.148. The molecule has 1 aromatic rings. The lowest BCUT2D eigenvalue weighted by atomic mass is 10.1. The molecule has 0 aliphatic carbocycles. The number of alkyl halides is 3. The molecule has 0 saturated carbocycles. The van der Waals surface area contributed by atoms with Crippen molar-refractivity contribution >= 4 is 21.6 Å². The van der Waals surface area contributed by atoms with Crippen molar-refractivity contribution in [2.24, 2.45) is 0 Å². The van der Waals surface area contributed by atoms with Gasteiger partial charge < -0.3 is 5.32 Å². The summed E-state index contributed by atoms with van der Waals surface area (Å²) in [6.07, 6.45) is -3.46. The molecule has 0 saturated heterocycles. The van der Waals surface area contributed by atoms with Crippen molar-refractivity contribution in [1.82, 2.24) is 0 Å². The van der Waals surface area contributed by atoms with Crippen LogP contribution in [-0.2, 0) is 6.18 Å². The Hall–Kier alpha value is -1.22. The molecule has 2 nitrogen and oxygen atoms in total. The van der Waals surface area contributed by atoms with Crippen molar-refractivity contribution in [2.45, 2.75) is 32.0 Å². The van der Waals surface area contributed by atoms with Crippen LogP contribution in [-0.4, -0.2) is 6.04 Å². The fourth-order valence-electron chi connectivity index (χ4n) is 1.48. The lowest BCUT2D eigenvalue weighted by Gasteiger charge is -2.17. The van der Waals surface area contributed by atoms with Gasteiger partial charge in [0, 0.05) is 16.2 Å². The van der Waals surface area contributed by atoms with Gasteiger partial charge in [0.15, 0.2) is 0 Å². The van der Waals surface area contributed by atoms with Gasteiger partial charge in [0.1, 0.15) is 0 Å². The molecule has 1 atom stereocenters. The third-order valence-electron chi connectivity index (χ3n) is 2.43. The normalized spacial score (nSPS) is 12.9. The molecule has 0 aromatic heterocycles. The number of hydrogen-bond donors (Lipinski definition) is 1. The molecule has 6 heteroatoms. The number of rotatable bonds is 4. The van der Waals surface area contributed by atoms with Crippen LogP contribution >= 0.6 is 15.9 Å². The molecule has 1 rings (SSSR count). The molecule has 0 aliphatic rings. The first-order chi connectivity index (χ1) is 8.36. The first kappa shape index (κ1) is 14.8. The maximum Gasteiger partial charge on any atom is 0.416 e. The third-order valence-corrected chi connectivity index (χ3v) is 2.88. The van der Waals surface area contributed by atoms with E-state index in [2.05, 4.69) is 21.2 Å². The SMILES string of the molecule is CCC(CC#N)Nc1cc(Br)cc(C(F)(F)F)c1. The first-order valence-electron chi connectivity index (χ1n) is 5.38. The monoisotopic (exact) mass is 320 g/mol.